The van der Waals surface area contributed by atoms with E-state index in [1.807, 2.05) is 0 Å². The summed E-state index contributed by atoms with van der Waals surface area (Å²) in [7, 11) is 1.49. The molecule has 3 rings (SSSR count). The average molecular weight is 294 g/mol. The van der Waals surface area contributed by atoms with Crippen LogP contribution in [-0.4, -0.2) is 26.7 Å². The van der Waals surface area contributed by atoms with Gasteiger partial charge in [-0.2, -0.15) is 22.7 Å². The Kier molecular flexibility index (Phi) is 3.00. The van der Waals surface area contributed by atoms with Gasteiger partial charge in [0.25, 0.3) is 11.6 Å². The molecule has 0 bridgehead atoms. The normalized spacial score (nSPS) is 11.8. The zero-order chi connectivity index (χ0) is 15.0. The van der Waals surface area contributed by atoms with Gasteiger partial charge in [-0.1, -0.05) is 12.1 Å². The molecule has 0 atom stereocenters. The van der Waals surface area contributed by atoms with Crippen molar-refractivity contribution in [2.75, 3.05) is 7.11 Å². The highest BCUT2D eigenvalue weighted by atomic mass is 19.4. The average Bonchev–Trinajstić information content (AvgIpc) is 2.91. The fourth-order valence-corrected chi connectivity index (χ4v) is 1.97. The van der Waals surface area contributed by atoms with Gasteiger partial charge < -0.3 is 4.74 Å². The van der Waals surface area contributed by atoms with Crippen LogP contribution in [0.4, 0.5) is 13.2 Å². The first-order valence-corrected chi connectivity index (χ1v) is 5.93. The SMILES string of the molecule is COc1ccccc1-c1ccnc2nc(C(F)(F)F)nn12. The standard InChI is InChI=1S/C13H9F3N4O/c1-21-10-5-3-2-4-8(10)9-6-7-17-12-18-11(13(14,15)16)19-20(9)12/h2-7H,1H3. The molecule has 0 fully saturated rings. The third-order valence-corrected chi connectivity index (χ3v) is 2.88. The van der Waals surface area contributed by atoms with Crippen LogP contribution in [0, 0.1) is 0 Å². The molecule has 8 heteroatoms. The van der Waals surface area contributed by atoms with Gasteiger partial charge in [-0.25, -0.2) is 4.98 Å². The lowest BCUT2D eigenvalue weighted by atomic mass is 10.1. The Morgan fingerprint density at radius 3 is 2.62 bits per heavy atom. The van der Waals surface area contributed by atoms with Crippen molar-refractivity contribution in [2.24, 2.45) is 0 Å². The summed E-state index contributed by atoms with van der Waals surface area (Å²) in [5.41, 5.74) is 1.02. The van der Waals surface area contributed by atoms with E-state index in [9.17, 15) is 13.2 Å². The molecule has 2 aromatic heterocycles. The van der Waals surface area contributed by atoms with Crippen LogP contribution in [0.25, 0.3) is 17.0 Å². The quantitative estimate of drug-likeness (QED) is 0.729. The molecule has 0 radical (unpaired) electrons. The first kappa shape index (κ1) is 13.3. The maximum Gasteiger partial charge on any atom is 0.453 e. The van der Waals surface area contributed by atoms with Gasteiger partial charge in [0.1, 0.15) is 5.75 Å². The molecular weight excluding hydrogens is 285 g/mol. The number of fused-ring (bicyclic) bond motifs is 1. The second kappa shape index (κ2) is 4.72. The van der Waals surface area contributed by atoms with Gasteiger partial charge in [0.2, 0.25) is 0 Å². The monoisotopic (exact) mass is 294 g/mol. The molecule has 0 N–H and O–H groups in total. The molecule has 21 heavy (non-hydrogen) atoms. The fourth-order valence-electron chi connectivity index (χ4n) is 1.97. The highest BCUT2D eigenvalue weighted by Gasteiger charge is 2.36. The molecule has 0 amide bonds. The van der Waals surface area contributed by atoms with Crippen LogP contribution in [0.2, 0.25) is 0 Å². The predicted octanol–water partition coefficient (Wildman–Crippen LogP) is 2.82. The van der Waals surface area contributed by atoms with E-state index < -0.39 is 12.0 Å². The zero-order valence-corrected chi connectivity index (χ0v) is 10.8. The van der Waals surface area contributed by atoms with Crippen LogP contribution >= 0.6 is 0 Å². The minimum Gasteiger partial charge on any atom is -0.496 e. The molecule has 0 spiro atoms. The van der Waals surface area contributed by atoms with E-state index in [4.69, 9.17) is 4.74 Å². The van der Waals surface area contributed by atoms with E-state index in [1.165, 1.54) is 13.3 Å². The number of hydrogen-bond donors (Lipinski definition) is 0. The number of rotatable bonds is 2. The van der Waals surface area contributed by atoms with Crippen LogP contribution in [0.5, 0.6) is 5.75 Å². The topological polar surface area (TPSA) is 52.3 Å². The third kappa shape index (κ3) is 2.28. The van der Waals surface area contributed by atoms with Gasteiger partial charge in [-0.3, -0.25) is 0 Å². The van der Waals surface area contributed by atoms with Crippen molar-refractivity contribution >= 4 is 5.78 Å². The van der Waals surface area contributed by atoms with E-state index in [0.29, 0.717) is 17.0 Å². The summed E-state index contributed by atoms with van der Waals surface area (Å²) in [6.07, 6.45) is -3.24. The highest BCUT2D eigenvalue weighted by molar-refractivity contribution is 5.68. The molecule has 0 aliphatic rings. The molecule has 5 nitrogen and oxygen atoms in total. The van der Waals surface area contributed by atoms with Gasteiger partial charge in [-0.05, 0) is 18.2 Å². The summed E-state index contributed by atoms with van der Waals surface area (Å²) in [6.45, 7) is 0. The lowest BCUT2D eigenvalue weighted by molar-refractivity contribution is -0.144. The lowest BCUT2D eigenvalue weighted by Gasteiger charge is -2.08. The van der Waals surface area contributed by atoms with Gasteiger partial charge in [-0.15, -0.1) is 5.10 Å². The predicted molar refractivity (Wildman–Crippen MR) is 67.8 cm³/mol. The first-order chi connectivity index (χ1) is 10.0. The maximum atomic E-state index is 12.7. The second-order valence-corrected chi connectivity index (χ2v) is 4.18. The number of methoxy groups -OCH3 is 1. The summed E-state index contributed by atoms with van der Waals surface area (Å²) >= 11 is 0. The molecule has 108 valence electrons. The van der Waals surface area contributed by atoms with Crippen LogP contribution in [0.1, 0.15) is 5.82 Å². The van der Waals surface area contributed by atoms with Gasteiger partial charge in [0.15, 0.2) is 0 Å². The fraction of sp³-hybridized carbons (Fsp3) is 0.154. The Labute approximate surface area is 117 Å². The summed E-state index contributed by atoms with van der Waals surface area (Å²) in [5, 5.41) is 3.50. The number of alkyl halides is 3. The van der Waals surface area contributed by atoms with Crippen molar-refractivity contribution in [3.63, 3.8) is 0 Å². The molecule has 3 aromatic rings. The Morgan fingerprint density at radius 1 is 1.14 bits per heavy atom. The third-order valence-electron chi connectivity index (χ3n) is 2.88. The lowest BCUT2D eigenvalue weighted by Crippen LogP contribution is -2.08. The van der Waals surface area contributed by atoms with E-state index in [-0.39, 0.29) is 5.78 Å². The molecule has 1 aromatic carbocycles. The smallest absolute Gasteiger partial charge is 0.453 e. The summed E-state index contributed by atoms with van der Waals surface area (Å²) in [6, 6.07) is 8.51. The molecule has 0 unspecified atom stereocenters. The van der Waals surface area contributed by atoms with Crippen molar-refractivity contribution in [1.29, 1.82) is 0 Å². The van der Waals surface area contributed by atoms with E-state index in [1.54, 1.807) is 30.3 Å². The minimum absolute atomic E-state index is 0.120. The molecule has 0 aliphatic carbocycles. The van der Waals surface area contributed by atoms with Crippen molar-refractivity contribution in [2.45, 2.75) is 6.18 Å². The van der Waals surface area contributed by atoms with Crippen molar-refractivity contribution in [1.82, 2.24) is 19.6 Å². The Bertz CT molecular complexity index is 797. The van der Waals surface area contributed by atoms with Crippen molar-refractivity contribution in [3.05, 3.63) is 42.4 Å². The number of para-hydroxylation sites is 1. The van der Waals surface area contributed by atoms with Crippen LogP contribution in [0.3, 0.4) is 0 Å². The van der Waals surface area contributed by atoms with Gasteiger partial charge >= 0.3 is 6.18 Å². The Morgan fingerprint density at radius 2 is 1.90 bits per heavy atom. The summed E-state index contributed by atoms with van der Waals surface area (Å²) < 4.78 is 44.4. The molecule has 0 saturated heterocycles. The highest BCUT2D eigenvalue weighted by Crippen LogP contribution is 2.31. The van der Waals surface area contributed by atoms with Crippen LogP contribution < -0.4 is 4.74 Å². The van der Waals surface area contributed by atoms with Gasteiger partial charge in [0.05, 0.1) is 12.8 Å². The van der Waals surface area contributed by atoms with Gasteiger partial charge in [0, 0.05) is 11.8 Å². The molecule has 0 saturated carbocycles. The number of halogens is 3. The van der Waals surface area contributed by atoms with Crippen LogP contribution in [-0.2, 0) is 6.18 Å². The largest absolute Gasteiger partial charge is 0.496 e. The van der Waals surface area contributed by atoms with Crippen LogP contribution in [0.15, 0.2) is 36.5 Å². The number of nitrogens with zero attached hydrogens (tertiary/aromatic N) is 4. The Hall–Kier alpha value is -2.64. The molecule has 2 heterocycles. The first-order valence-electron chi connectivity index (χ1n) is 5.93. The van der Waals surface area contributed by atoms with E-state index in [2.05, 4.69) is 15.1 Å². The second-order valence-electron chi connectivity index (χ2n) is 4.18. The number of aromatic nitrogens is 4. The van der Waals surface area contributed by atoms with E-state index in [0.717, 1.165) is 4.52 Å². The summed E-state index contributed by atoms with van der Waals surface area (Å²) in [4.78, 5) is 7.21. The Balaban J connectivity index is 2.26. The number of hydrogen-bond acceptors (Lipinski definition) is 4. The zero-order valence-electron chi connectivity index (χ0n) is 10.8. The molecule has 0 aliphatic heterocycles. The van der Waals surface area contributed by atoms with Crippen molar-refractivity contribution < 1.29 is 17.9 Å². The minimum atomic E-state index is -4.62. The van der Waals surface area contributed by atoms with Crippen molar-refractivity contribution in [3.8, 4) is 17.0 Å². The summed E-state index contributed by atoms with van der Waals surface area (Å²) in [5.74, 6) is -0.822. The number of ether oxygens (including phenoxy) is 1. The maximum absolute atomic E-state index is 12.7. The van der Waals surface area contributed by atoms with E-state index >= 15 is 0 Å². The number of benzene rings is 1. The molecular formula is C13H9F3N4O.